The Morgan fingerprint density at radius 2 is 1.81 bits per heavy atom. The minimum absolute atomic E-state index is 0.122. The first-order valence-corrected chi connectivity index (χ1v) is 18.0. The number of amides is 1. The molecular formula is C39H53ClN4O3. The minimum Gasteiger partial charge on any atom is -0.382 e. The zero-order valence-corrected chi connectivity index (χ0v) is 30.2. The SMILES string of the molecule is CCN(c1cc(-c2ccc3c(c2)N(C(C)C)CC32CCOCC2)c(Cl)c(C(=O)NCC2=C(C)C=C(C)NC2C)c1C)C1CCOCC1. The molecule has 4 heterocycles. The van der Waals surface area contributed by atoms with E-state index in [4.69, 9.17) is 21.1 Å². The van der Waals surface area contributed by atoms with Crippen LogP contribution < -0.4 is 20.4 Å². The Kier molecular flexibility index (Phi) is 9.99. The Morgan fingerprint density at radius 1 is 1.11 bits per heavy atom. The van der Waals surface area contributed by atoms with Gasteiger partial charge in [0, 0.05) is 92.2 Å². The molecule has 47 heavy (non-hydrogen) atoms. The molecule has 4 aliphatic rings. The maximum Gasteiger partial charge on any atom is 0.253 e. The van der Waals surface area contributed by atoms with E-state index in [-0.39, 0.29) is 17.4 Å². The number of ether oxygens (including phenoxy) is 2. The third-order valence-electron chi connectivity index (χ3n) is 11.1. The number of hydrogen-bond donors (Lipinski definition) is 2. The van der Waals surface area contributed by atoms with Gasteiger partial charge < -0.3 is 29.9 Å². The number of benzene rings is 2. The first-order valence-electron chi connectivity index (χ1n) is 17.6. The van der Waals surface area contributed by atoms with E-state index in [1.165, 1.54) is 22.4 Å². The van der Waals surface area contributed by atoms with Gasteiger partial charge in [-0.25, -0.2) is 0 Å². The molecule has 0 radical (unpaired) electrons. The van der Waals surface area contributed by atoms with Crippen molar-refractivity contribution in [2.45, 2.75) is 97.7 Å². The molecule has 1 amide bonds. The Bertz CT molecular complexity index is 1570. The van der Waals surface area contributed by atoms with Gasteiger partial charge in [0.2, 0.25) is 0 Å². The number of halogens is 1. The van der Waals surface area contributed by atoms with E-state index in [0.717, 1.165) is 93.3 Å². The van der Waals surface area contributed by atoms with Gasteiger partial charge in [0.15, 0.2) is 0 Å². The van der Waals surface area contributed by atoms with Crippen molar-refractivity contribution < 1.29 is 14.3 Å². The molecule has 1 unspecified atom stereocenters. The van der Waals surface area contributed by atoms with E-state index in [2.05, 4.69) is 99.2 Å². The third kappa shape index (κ3) is 6.43. The first-order chi connectivity index (χ1) is 22.5. The topological polar surface area (TPSA) is 66.1 Å². The van der Waals surface area contributed by atoms with Gasteiger partial charge in [-0.05, 0) is 120 Å². The molecule has 2 saturated heterocycles. The van der Waals surface area contributed by atoms with Crippen molar-refractivity contribution in [3.63, 3.8) is 0 Å². The van der Waals surface area contributed by atoms with Crippen molar-refractivity contribution in [3.05, 3.63) is 68.9 Å². The Hall–Kier alpha value is -3.00. The minimum atomic E-state index is -0.136. The number of allylic oxidation sites excluding steroid dienone is 3. The molecule has 1 spiro atoms. The van der Waals surface area contributed by atoms with Gasteiger partial charge in [-0.15, -0.1) is 0 Å². The molecule has 6 rings (SSSR count). The number of rotatable bonds is 8. The Morgan fingerprint density at radius 3 is 2.47 bits per heavy atom. The van der Waals surface area contributed by atoms with Crippen LogP contribution in [0.4, 0.5) is 11.4 Å². The monoisotopic (exact) mass is 660 g/mol. The number of dihydropyridines is 1. The molecule has 2 fully saturated rings. The van der Waals surface area contributed by atoms with Crippen molar-refractivity contribution in [1.29, 1.82) is 0 Å². The van der Waals surface area contributed by atoms with E-state index in [1.54, 1.807) is 0 Å². The summed E-state index contributed by atoms with van der Waals surface area (Å²) in [4.78, 5) is 19.3. The summed E-state index contributed by atoms with van der Waals surface area (Å²) in [5.41, 5.74) is 10.9. The van der Waals surface area contributed by atoms with Crippen LogP contribution in [0.1, 0.15) is 88.7 Å². The molecule has 4 aliphatic heterocycles. The number of nitrogens with one attached hydrogen (secondary N) is 2. The summed E-state index contributed by atoms with van der Waals surface area (Å²) in [6.07, 6.45) is 6.15. The largest absolute Gasteiger partial charge is 0.382 e. The Labute approximate surface area is 286 Å². The normalized spacial score (nSPS) is 21.2. The zero-order chi connectivity index (χ0) is 33.5. The lowest BCUT2D eigenvalue weighted by Crippen LogP contribution is -2.40. The second kappa shape index (κ2) is 13.9. The van der Waals surface area contributed by atoms with Gasteiger partial charge >= 0.3 is 0 Å². The highest BCUT2D eigenvalue weighted by molar-refractivity contribution is 6.37. The van der Waals surface area contributed by atoms with Crippen LogP contribution in [0.25, 0.3) is 11.1 Å². The first kappa shape index (κ1) is 33.9. The molecule has 2 aromatic carbocycles. The second-order valence-electron chi connectivity index (χ2n) is 14.3. The molecule has 1 atom stereocenters. The van der Waals surface area contributed by atoms with Gasteiger partial charge in [-0.3, -0.25) is 4.79 Å². The fourth-order valence-electron chi connectivity index (χ4n) is 8.45. The number of carbonyl (C=O) groups excluding carboxylic acids is 1. The summed E-state index contributed by atoms with van der Waals surface area (Å²) in [6, 6.07) is 9.98. The van der Waals surface area contributed by atoms with Crippen LogP contribution in [0.15, 0.2) is 47.2 Å². The van der Waals surface area contributed by atoms with Gasteiger partial charge in [-0.1, -0.05) is 23.7 Å². The van der Waals surface area contributed by atoms with Crippen molar-refractivity contribution in [3.8, 4) is 11.1 Å². The van der Waals surface area contributed by atoms with Crippen LogP contribution >= 0.6 is 11.6 Å². The number of carbonyl (C=O) groups is 1. The van der Waals surface area contributed by atoms with E-state index in [1.807, 2.05) is 0 Å². The van der Waals surface area contributed by atoms with Crippen LogP contribution in [0.5, 0.6) is 0 Å². The molecule has 8 heteroatoms. The number of fused-ring (bicyclic) bond motifs is 2. The zero-order valence-electron chi connectivity index (χ0n) is 29.4. The Balaban J connectivity index is 1.44. The number of nitrogens with zero attached hydrogens (tertiary/aromatic N) is 2. The van der Waals surface area contributed by atoms with Crippen LogP contribution in [-0.2, 0) is 14.9 Å². The molecule has 0 bridgehead atoms. The van der Waals surface area contributed by atoms with E-state index < -0.39 is 0 Å². The molecule has 7 nitrogen and oxygen atoms in total. The summed E-state index contributed by atoms with van der Waals surface area (Å²) in [6.45, 7) is 20.6. The lowest BCUT2D eigenvalue weighted by atomic mass is 9.75. The fraction of sp³-hybridized carbons (Fsp3) is 0.564. The summed E-state index contributed by atoms with van der Waals surface area (Å²) in [7, 11) is 0. The van der Waals surface area contributed by atoms with Gasteiger partial charge in [0.05, 0.1) is 10.6 Å². The quantitative estimate of drug-likeness (QED) is 0.305. The molecule has 0 aromatic heterocycles. The van der Waals surface area contributed by atoms with Crippen molar-refractivity contribution in [2.24, 2.45) is 0 Å². The highest BCUT2D eigenvalue weighted by Crippen LogP contribution is 2.50. The number of hydrogen-bond acceptors (Lipinski definition) is 6. The van der Waals surface area contributed by atoms with Crippen LogP contribution in [-0.4, -0.2) is 70.1 Å². The lowest BCUT2D eigenvalue weighted by molar-refractivity contribution is 0.0550. The van der Waals surface area contributed by atoms with Crippen LogP contribution in [0.3, 0.4) is 0 Å². The predicted octanol–water partition coefficient (Wildman–Crippen LogP) is 7.54. The lowest BCUT2D eigenvalue weighted by Gasteiger charge is -2.37. The summed E-state index contributed by atoms with van der Waals surface area (Å²) in [5, 5.41) is 7.27. The summed E-state index contributed by atoms with van der Waals surface area (Å²) in [5.74, 6) is -0.136. The third-order valence-corrected chi connectivity index (χ3v) is 11.5. The van der Waals surface area contributed by atoms with E-state index in [0.29, 0.717) is 29.2 Å². The average Bonchev–Trinajstić information content (AvgIpc) is 3.35. The average molecular weight is 661 g/mol. The molecular weight excluding hydrogens is 608 g/mol. The fourth-order valence-corrected chi connectivity index (χ4v) is 8.84. The van der Waals surface area contributed by atoms with Crippen molar-refractivity contribution in [2.75, 3.05) is 55.9 Å². The predicted molar refractivity (Wildman–Crippen MR) is 194 cm³/mol. The highest BCUT2D eigenvalue weighted by Gasteiger charge is 2.44. The molecule has 254 valence electrons. The molecule has 0 saturated carbocycles. The van der Waals surface area contributed by atoms with Crippen molar-refractivity contribution >= 4 is 28.9 Å². The smallest absolute Gasteiger partial charge is 0.253 e. The molecule has 2 aromatic rings. The van der Waals surface area contributed by atoms with Crippen LogP contribution in [0, 0.1) is 6.92 Å². The second-order valence-corrected chi connectivity index (χ2v) is 14.7. The maximum absolute atomic E-state index is 14.2. The summed E-state index contributed by atoms with van der Waals surface area (Å²) < 4.78 is 11.5. The van der Waals surface area contributed by atoms with E-state index in [9.17, 15) is 4.79 Å². The highest BCUT2D eigenvalue weighted by atomic mass is 35.5. The van der Waals surface area contributed by atoms with E-state index >= 15 is 0 Å². The van der Waals surface area contributed by atoms with Crippen LogP contribution in [0.2, 0.25) is 5.02 Å². The molecule has 2 N–H and O–H groups in total. The summed E-state index contributed by atoms with van der Waals surface area (Å²) >= 11 is 7.38. The molecule has 0 aliphatic carbocycles. The number of anilines is 2. The van der Waals surface area contributed by atoms with Gasteiger partial charge in [0.1, 0.15) is 0 Å². The van der Waals surface area contributed by atoms with Crippen molar-refractivity contribution in [1.82, 2.24) is 10.6 Å². The van der Waals surface area contributed by atoms with Gasteiger partial charge in [0.25, 0.3) is 5.91 Å². The van der Waals surface area contributed by atoms with Gasteiger partial charge in [-0.2, -0.15) is 0 Å². The standard InChI is InChI=1S/C39H53ClN4O3/c1-8-43(30-11-15-46-16-12-30)34-21-31(29-9-10-33-35(20-29)44(24(2)3)23-39(33)13-17-47-18-14-39)37(40)36(27(34)6)38(45)41-22-32-25(4)19-26(5)42-28(32)7/h9-10,19-21,24,28,30,42H,8,11-18,22-23H2,1-7H3,(H,41,45). The maximum atomic E-state index is 14.2.